The van der Waals surface area contributed by atoms with Gasteiger partial charge in [-0.1, -0.05) is 17.7 Å². The molecule has 0 saturated carbocycles. The van der Waals surface area contributed by atoms with Crippen LogP contribution in [0.25, 0.3) is 0 Å². The van der Waals surface area contributed by atoms with Gasteiger partial charge in [-0.3, -0.25) is 4.79 Å². The molecular formula is C16H23ClN2O2. The summed E-state index contributed by atoms with van der Waals surface area (Å²) in [5.41, 5.74) is 0.625. The molecule has 1 aromatic rings. The Balaban J connectivity index is 1.71. The molecule has 0 spiro atoms. The maximum atomic E-state index is 12.0. The number of carbonyl (C=O) groups excluding carboxylic acids is 1. The minimum absolute atomic E-state index is 0.0423. The second-order valence-corrected chi connectivity index (χ2v) is 5.93. The molecule has 5 heteroatoms. The molecule has 1 amide bonds. The molecule has 1 saturated heterocycles. The molecule has 1 N–H and O–H groups in total. The summed E-state index contributed by atoms with van der Waals surface area (Å²) in [5.74, 6) is 0.520. The molecule has 0 atom stereocenters. The van der Waals surface area contributed by atoms with E-state index >= 15 is 0 Å². The first kappa shape index (κ1) is 16.3. The number of amides is 1. The van der Waals surface area contributed by atoms with Gasteiger partial charge in [0.05, 0.1) is 6.61 Å². The second-order valence-electron chi connectivity index (χ2n) is 5.50. The van der Waals surface area contributed by atoms with Crippen LogP contribution < -0.4 is 5.32 Å². The molecule has 0 radical (unpaired) electrons. The van der Waals surface area contributed by atoms with Crippen LogP contribution in [0.5, 0.6) is 0 Å². The van der Waals surface area contributed by atoms with Crippen molar-refractivity contribution in [3.63, 3.8) is 0 Å². The SMILES string of the molecule is COCCN1CCC(CNC(=O)c2cccc(Cl)c2)CC1. The van der Waals surface area contributed by atoms with E-state index in [1.54, 1.807) is 31.4 Å². The van der Waals surface area contributed by atoms with Gasteiger partial charge in [0.25, 0.3) is 5.91 Å². The van der Waals surface area contributed by atoms with Crippen LogP contribution in [0.2, 0.25) is 5.02 Å². The third kappa shape index (κ3) is 5.30. The van der Waals surface area contributed by atoms with Crippen LogP contribution in [0.15, 0.2) is 24.3 Å². The zero-order chi connectivity index (χ0) is 15.1. The Labute approximate surface area is 131 Å². The molecule has 1 aromatic carbocycles. The van der Waals surface area contributed by atoms with Crippen molar-refractivity contribution in [3.8, 4) is 0 Å². The Hall–Kier alpha value is -1.10. The summed E-state index contributed by atoms with van der Waals surface area (Å²) in [6.45, 7) is 4.69. The number of rotatable bonds is 6. The van der Waals surface area contributed by atoms with Crippen molar-refractivity contribution in [2.45, 2.75) is 12.8 Å². The maximum Gasteiger partial charge on any atom is 0.251 e. The van der Waals surface area contributed by atoms with Gasteiger partial charge in [0, 0.05) is 30.8 Å². The number of piperidine rings is 1. The highest BCUT2D eigenvalue weighted by molar-refractivity contribution is 6.30. The lowest BCUT2D eigenvalue weighted by Crippen LogP contribution is -2.39. The van der Waals surface area contributed by atoms with Crippen molar-refractivity contribution in [1.29, 1.82) is 0 Å². The summed E-state index contributed by atoms with van der Waals surface area (Å²) in [7, 11) is 1.73. The minimum Gasteiger partial charge on any atom is -0.383 e. The standard InChI is InChI=1S/C16H23ClN2O2/c1-21-10-9-19-7-5-13(6-8-19)12-18-16(20)14-3-2-4-15(17)11-14/h2-4,11,13H,5-10,12H2,1H3,(H,18,20). The smallest absolute Gasteiger partial charge is 0.251 e. The van der Waals surface area contributed by atoms with Crippen molar-refractivity contribution in [2.75, 3.05) is 39.9 Å². The third-order valence-corrected chi connectivity index (χ3v) is 4.19. The molecule has 0 aliphatic carbocycles. The lowest BCUT2D eigenvalue weighted by Gasteiger charge is -2.31. The van der Waals surface area contributed by atoms with Crippen molar-refractivity contribution >= 4 is 17.5 Å². The van der Waals surface area contributed by atoms with Gasteiger partial charge in [0.2, 0.25) is 0 Å². The van der Waals surface area contributed by atoms with Crippen molar-refractivity contribution in [2.24, 2.45) is 5.92 Å². The number of halogens is 1. The molecule has 1 fully saturated rings. The number of hydrogen-bond donors (Lipinski definition) is 1. The van der Waals surface area contributed by atoms with Gasteiger partial charge in [-0.2, -0.15) is 0 Å². The number of likely N-dealkylation sites (tertiary alicyclic amines) is 1. The fourth-order valence-corrected chi connectivity index (χ4v) is 2.79. The van der Waals surface area contributed by atoms with E-state index in [-0.39, 0.29) is 5.91 Å². The van der Waals surface area contributed by atoms with Gasteiger partial charge in [0.1, 0.15) is 0 Å². The molecule has 0 unspecified atom stereocenters. The molecule has 0 bridgehead atoms. The van der Waals surface area contributed by atoms with Crippen LogP contribution in [0.4, 0.5) is 0 Å². The lowest BCUT2D eigenvalue weighted by atomic mass is 9.96. The zero-order valence-electron chi connectivity index (χ0n) is 12.5. The summed E-state index contributed by atoms with van der Waals surface area (Å²) in [6, 6.07) is 7.05. The van der Waals surface area contributed by atoms with E-state index in [1.165, 1.54) is 0 Å². The van der Waals surface area contributed by atoms with E-state index in [9.17, 15) is 4.79 Å². The lowest BCUT2D eigenvalue weighted by molar-refractivity contribution is 0.0926. The zero-order valence-corrected chi connectivity index (χ0v) is 13.2. The highest BCUT2D eigenvalue weighted by atomic mass is 35.5. The summed E-state index contributed by atoms with van der Waals surface area (Å²) in [5, 5.41) is 3.60. The largest absolute Gasteiger partial charge is 0.383 e. The molecular weight excluding hydrogens is 288 g/mol. The van der Waals surface area contributed by atoms with E-state index in [2.05, 4.69) is 10.2 Å². The van der Waals surface area contributed by atoms with Gasteiger partial charge >= 0.3 is 0 Å². The van der Waals surface area contributed by atoms with Crippen molar-refractivity contribution < 1.29 is 9.53 Å². The normalized spacial score (nSPS) is 16.9. The molecule has 1 aliphatic rings. The molecule has 2 rings (SSSR count). The number of nitrogens with one attached hydrogen (secondary N) is 1. The van der Waals surface area contributed by atoms with Crippen LogP contribution in [0.3, 0.4) is 0 Å². The Bertz CT molecular complexity index is 459. The Morgan fingerprint density at radius 3 is 2.86 bits per heavy atom. The van der Waals surface area contributed by atoms with Gasteiger partial charge in [-0.05, 0) is 50.0 Å². The topological polar surface area (TPSA) is 41.6 Å². The predicted molar refractivity (Wildman–Crippen MR) is 84.8 cm³/mol. The highest BCUT2D eigenvalue weighted by Gasteiger charge is 2.19. The summed E-state index contributed by atoms with van der Waals surface area (Å²) in [6.07, 6.45) is 2.25. The maximum absolute atomic E-state index is 12.0. The summed E-state index contributed by atoms with van der Waals surface area (Å²) in [4.78, 5) is 14.5. The summed E-state index contributed by atoms with van der Waals surface area (Å²) >= 11 is 5.90. The fourth-order valence-electron chi connectivity index (χ4n) is 2.60. The third-order valence-electron chi connectivity index (χ3n) is 3.96. The molecule has 21 heavy (non-hydrogen) atoms. The van der Waals surface area contributed by atoms with Gasteiger partial charge in [-0.15, -0.1) is 0 Å². The average Bonchev–Trinajstić information content (AvgIpc) is 2.51. The van der Waals surface area contributed by atoms with Crippen LogP contribution in [-0.4, -0.2) is 50.7 Å². The van der Waals surface area contributed by atoms with Crippen molar-refractivity contribution in [3.05, 3.63) is 34.9 Å². The molecule has 116 valence electrons. The number of hydrogen-bond acceptors (Lipinski definition) is 3. The van der Waals surface area contributed by atoms with Gasteiger partial charge < -0.3 is 15.0 Å². The van der Waals surface area contributed by atoms with Gasteiger partial charge in [0.15, 0.2) is 0 Å². The van der Waals surface area contributed by atoms with E-state index in [0.717, 1.165) is 45.6 Å². The molecule has 1 aliphatic heterocycles. The van der Waals surface area contributed by atoms with E-state index < -0.39 is 0 Å². The average molecular weight is 311 g/mol. The first-order chi connectivity index (χ1) is 10.2. The predicted octanol–water partition coefficient (Wildman–Crippen LogP) is 2.43. The summed E-state index contributed by atoms with van der Waals surface area (Å²) < 4.78 is 5.10. The van der Waals surface area contributed by atoms with Crippen molar-refractivity contribution in [1.82, 2.24) is 10.2 Å². The van der Waals surface area contributed by atoms with Crippen LogP contribution in [-0.2, 0) is 4.74 Å². The number of carbonyl (C=O) groups is 1. The highest BCUT2D eigenvalue weighted by Crippen LogP contribution is 2.16. The Morgan fingerprint density at radius 2 is 2.19 bits per heavy atom. The Morgan fingerprint density at radius 1 is 1.43 bits per heavy atom. The molecule has 0 aromatic heterocycles. The van der Waals surface area contributed by atoms with Crippen LogP contribution in [0.1, 0.15) is 23.2 Å². The first-order valence-electron chi connectivity index (χ1n) is 7.44. The van der Waals surface area contributed by atoms with E-state index in [4.69, 9.17) is 16.3 Å². The van der Waals surface area contributed by atoms with E-state index in [0.29, 0.717) is 16.5 Å². The fraction of sp³-hybridized carbons (Fsp3) is 0.562. The number of nitrogens with zero attached hydrogens (tertiary/aromatic N) is 1. The monoisotopic (exact) mass is 310 g/mol. The molecule has 1 heterocycles. The quantitative estimate of drug-likeness (QED) is 0.877. The second kappa shape index (κ2) is 8.37. The molecule has 4 nitrogen and oxygen atoms in total. The van der Waals surface area contributed by atoms with Crippen LogP contribution in [0, 0.1) is 5.92 Å². The Kier molecular flexibility index (Phi) is 6.49. The first-order valence-corrected chi connectivity index (χ1v) is 7.82. The number of methoxy groups -OCH3 is 1. The minimum atomic E-state index is -0.0423. The number of benzene rings is 1. The number of ether oxygens (including phenoxy) is 1. The van der Waals surface area contributed by atoms with Crippen LogP contribution >= 0.6 is 11.6 Å². The van der Waals surface area contributed by atoms with Gasteiger partial charge in [-0.25, -0.2) is 0 Å². The van der Waals surface area contributed by atoms with E-state index in [1.807, 2.05) is 0 Å².